The molecule has 9 heteroatoms. The van der Waals surface area contributed by atoms with Crippen molar-refractivity contribution in [3.8, 4) is 17.2 Å². The zero-order chi connectivity index (χ0) is 25.9. The van der Waals surface area contributed by atoms with Gasteiger partial charge in [0.2, 0.25) is 0 Å². The minimum Gasteiger partial charge on any atom is -0.489 e. The first-order chi connectivity index (χ1) is 17.9. The number of nitrogens with zero attached hydrogens (tertiary/aromatic N) is 1. The highest BCUT2D eigenvalue weighted by Gasteiger charge is 2.36. The average molecular weight is 522 g/mol. The van der Waals surface area contributed by atoms with Crippen LogP contribution in [0.15, 0.2) is 82.0 Å². The van der Waals surface area contributed by atoms with E-state index in [1.165, 1.54) is 6.07 Å². The van der Waals surface area contributed by atoms with Gasteiger partial charge in [-0.2, -0.15) is 0 Å². The molecule has 1 aliphatic heterocycles. The summed E-state index contributed by atoms with van der Waals surface area (Å²) in [5, 5.41) is 20.9. The van der Waals surface area contributed by atoms with Crippen molar-refractivity contribution in [2.75, 3.05) is 6.54 Å². The molecule has 190 valence electrons. The van der Waals surface area contributed by atoms with E-state index in [0.29, 0.717) is 38.8 Å². The van der Waals surface area contributed by atoms with Gasteiger partial charge in [-0.25, -0.2) is 4.79 Å². The van der Waals surface area contributed by atoms with Gasteiger partial charge in [-0.05, 0) is 24.3 Å². The van der Waals surface area contributed by atoms with E-state index in [0.717, 1.165) is 5.56 Å². The molecule has 1 aliphatic rings. The summed E-state index contributed by atoms with van der Waals surface area (Å²) in [6, 6.07) is 20.1. The molecule has 5 rings (SSSR count). The van der Waals surface area contributed by atoms with Crippen LogP contribution in [0.1, 0.15) is 17.5 Å². The number of fused-ring (bicyclic) bond motifs is 1. The Bertz CT molecular complexity index is 1500. The molecule has 0 amide bonds. The lowest BCUT2D eigenvalue weighted by Gasteiger charge is -2.23. The molecule has 37 heavy (non-hydrogen) atoms. The number of hydrogen-bond acceptors (Lipinski definition) is 7. The maximum Gasteiger partial charge on any atom is 0.339 e. The summed E-state index contributed by atoms with van der Waals surface area (Å²) < 4.78 is 17.5. The zero-order valence-corrected chi connectivity index (χ0v) is 20.4. The van der Waals surface area contributed by atoms with Crippen LogP contribution in [0.25, 0.3) is 11.0 Å². The number of carboxylic acids is 1. The molecule has 0 spiro atoms. The lowest BCUT2D eigenvalue weighted by molar-refractivity contribution is -0.142. The SMILES string of the molecule is O=C(O)[C@@H]1C[C@@H](O)CN1Cc1ccc(OCc2ccccc2Cl)cc1Oc1cc(=O)oc2ccccc12. The molecule has 2 atom stereocenters. The predicted molar refractivity (Wildman–Crippen MR) is 137 cm³/mol. The molecule has 3 aromatic carbocycles. The van der Waals surface area contributed by atoms with Crippen LogP contribution in [0.5, 0.6) is 17.2 Å². The molecule has 2 N–H and O–H groups in total. The number of β-amino-alcohol motifs (C(OH)–C–C–N with tert-alkyl or cyclic N) is 1. The number of para-hydroxylation sites is 1. The quantitative estimate of drug-likeness (QED) is 0.317. The summed E-state index contributed by atoms with van der Waals surface area (Å²) >= 11 is 6.25. The van der Waals surface area contributed by atoms with Gasteiger partial charge in [0, 0.05) is 41.7 Å². The van der Waals surface area contributed by atoms with Crippen LogP contribution in [0, 0.1) is 0 Å². The Labute approximate surface area is 217 Å². The van der Waals surface area contributed by atoms with Gasteiger partial charge in [0.15, 0.2) is 0 Å². The van der Waals surface area contributed by atoms with Crippen LogP contribution >= 0.6 is 11.6 Å². The number of carboxylic acid groups (broad SMARTS) is 1. The van der Waals surface area contributed by atoms with Crippen molar-refractivity contribution in [3.63, 3.8) is 0 Å². The van der Waals surface area contributed by atoms with Crippen molar-refractivity contribution in [2.24, 2.45) is 0 Å². The van der Waals surface area contributed by atoms with Crippen LogP contribution in [-0.4, -0.2) is 39.8 Å². The minimum absolute atomic E-state index is 0.148. The molecule has 0 aliphatic carbocycles. The van der Waals surface area contributed by atoms with E-state index >= 15 is 0 Å². The molecule has 8 nitrogen and oxygen atoms in total. The summed E-state index contributed by atoms with van der Waals surface area (Å²) in [7, 11) is 0. The van der Waals surface area contributed by atoms with E-state index in [1.807, 2.05) is 24.3 Å². The van der Waals surface area contributed by atoms with E-state index in [1.54, 1.807) is 47.4 Å². The first kappa shape index (κ1) is 24.8. The molecule has 1 fully saturated rings. The topological polar surface area (TPSA) is 109 Å². The molecule has 0 saturated carbocycles. The number of hydrogen-bond donors (Lipinski definition) is 2. The molecule has 0 unspecified atom stereocenters. The number of likely N-dealkylation sites (tertiary alicyclic amines) is 1. The lowest BCUT2D eigenvalue weighted by Crippen LogP contribution is -2.35. The van der Waals surface area contributed by atoms with Gasteiger partial charge >= 0.3 is 11.6 Å². The highest BCUT2D eigenvalue weighted by Crippen LogP contribution is 2.35. The number of ether oxygens (including phenoxy) is 2. The minimum atomic E-state index is -0.995. The standard InChI is InChI=1S/C28H24ClNO7/c29-22-7-3-1-5-18(22)16-35-20-10-9-17(14-30-15-19(31)11-23(30)28(33)34)25(12-20)36-26-13-27(32)37-24-8-4-2-6-21(24)26/h1-10,12-13,19,23,31H,11,14-16H2,(H,33,34)/t19-,23+/m1/s1. The van der Waals surface area contributed by atoms with Crippen LogP contribution in [0.4, 0.5) is 0 Å². The van der Waals surface area contributed by atoms with E-state index in [2.05, 4.69) is 0 Å². The number of aliphatic carboxylic acids is 1. The second-order valence-corrected chi connectivity index (χ2v) is 9.26. The molecule has 1 aromatic heterocycles. The van der Waals surface area contributed by atoms with Gasteiger partial charge in [-0.1, -0.05) is 48.0 Å². The van der Waals surface area contributed by atoms with Gasteiger partial charge in [-0.15, -0.1) is 0 Å². The number of carbonyl (C=O) groups is 1. The third-order valence-corrected chi connectivity index (χ3v) is 6.63. The molecule has 0 radical (unpaired) electrons. The van der Waals surface area contributed by atoms with E-state index in [9.17, 15) is 19.8 Å². The fourth-order valence-electron chi connectivity index (χ4n) is 4.44. The van der Waals surface area contributed by atoms with Crippen molar-refractivity contribution >= 4 is 28.5 Å². The molecular weight excluding hydrogens is 498 g/mol. The number of halogens is 1. The van der Waals surface area contributed by atoms with Gasteiger partial charge in [0.25, 0.3) is 0 Å². The maximum atomic E-state index is 12.2. The van der Waals surface area contributed by atoms with E-state index in [4.69, 9.17) is 25.5 Å². The summed E-state index contributed by atoms with van der Waals surface area (Å²) in [5.74, 6) is 0.193. The van der Waals surface area contributed by atoms with Crippen molar-refractivity contribution in [3.05, 3.63) is 99.4 Å². The van der Waals surface area contributed by atoms with E-state index in [-0.39, 0.29) is 26.1 Å². The van der Waals surface area contributed by atoms with Crippen LogP contribution in [0.3, 0.4) is 0 Å². The Kier molecular flexibility index (Phi) is 7.14. The smallest absolute Gasteiger partial charge is 0.339 e. The second-order valence-electron chi connectivity index (χ2n) is 8.85. The summed E-state index contributed by atoms with van der Waals surface area (Å²) in [6.07, 6.45) is -0.582. The summed E-state index contributed by atoms with van der Waals surface area (Å²) in [6.45, 7) is 0.669. The Morgan fingerprint density at radius 3 is 2.62 bits per heavy atom. The third kappa shape index (κ3) is 5.61. The Morgan fingerprint density at radius 2 is 1.81 bits per heavy atom. The van der Waals surface area contributed by atoms with Crippen molar-refractivity contribution in [1.82, 2.24) is 4.90 Å². The summed E-state index contributed by atoms with van der Waals surface area (Å²) in [4.78, 5) is 25.6. The lowest BCUT2D eigenvalue weighted by atomic mass is 10.1. The fraction of sp³-hybridized carbons (Fsp3) is 0.214. The number of aliphatic hydroxyl groups is 1. The molecule has 0 bridgehead atoms. The monoisotopic (exact) mass is 521 g/mol. The zero-order valence-electron chi connectivity index (χ0n) is 19.7. The average Bonchev–Trinajstić information content (AvgIpc) is 3.25. The van der Waals surface area contributed by atoms with Crippen LogP contribution < -0.4 is 15.1 Å². The molecule has 1 saturated heterocycles. The molecule has 4 aromatic rings. The van der Waals surface area contributed by atoms with Gasteiger partial charge in [-0.3, -0.25) is 9.69 Å². The normalized spacial score (nSPS) is 17.7. The van der Waals surface area contributed by atoms with Gasteiger partial charge in [0.05, 0.1) is 17.6 Å². The predicted octanol–water partition coefficient (Wildman–Crippen LogP) is 4.84. The van der Waals surface area contributed by atoms with Crippen molar-refractivity contribution in [1.29, 1.82) is 0 Å². The maximum absolute atomic E-state index is 12.2. The second kappa shape index (κ2) is 10.6. The Balaban J connectivity index is 1.49. The highest BCUT2D eigenvalue weighted by molar-refractivity contribution is 6.31. The largest absolute Gasteiger partial charge is 0.489 e. The van der Waals surface area contributed by atoms with Crippen molar-refractivity contribution < 1.29 is 28.9 Å². The van der Waals surface area contributed by atoms with Crippen molar-refractivity contribution in [2.45, 2.75) is 31.7 Å². The number of aliphatic hydroxyl groups excluding tert-OH is 1. The molecular formula is C28H24ClNO7. The third-order valence-electron chi connectivity index (χ3n) is 6.26. The number of rotatable bonds is 8. The number of benzene rings is 3. The van der Waals surface area contributed by atoms with Gasteiger partial charge < -0.3 is 24.1 Å². The Morgan fingerprint density at radius 1 is 1.03 bits per heavy atom. The highest BCUT2D eigenvalue weighted by atomic mass is 35.5. The van der Waals surface area contributed by atoms with Crippen LogP contribution in [0.2, 0.25) is 5.02 Å². The first-order valence-corrected chi connectivity index (χ1v) is 12.1. The van der Waals surface area contributed by atoms with E-state index < -0.39 is 23.7 Å². The Hall–Kier alpha value is -3.85. The first-order valence-electron chi connectivity index (χ1n) is 11.7. The van der Waals surface area contributed by atoms with Crippen LogP contribution in [-0.2, 0) is 17.9 Å². The van der Waals surface area contributed by atoms with Gasteiger partial charge in [0.1, 0.15) is 35.5 Å². The summed E-state index contributed by atoms with van der Waals surface area (Å²) in [5.41, 5.74) is 1.31. The molecule has 2 heterocycles. The fourth-order valence-corrected chi connectivity index (χ4v) is 4.63.